The van der Waals surface area contributed by atoms with Gasteiger partial charge in [-0.2, -0.15) is 0 Å². The van der Waals surface area contributed by atoms with E-state index < -0.39 is 24.0 Å². The first-order chi connectivity index (χ1) is 24.3. The van der Waals surface area contributed by atoms with E-state index >= 15 is 0 Å². The van der Waals surface area contributed by atoms with Crippen LogP contribution in [0.2, 0.25) is 0 Å². The van der Waals surface area contributed by atoms with Crippen molar-refractivity contribution < 1.29 is 44.5 Å². The highest BCUT2D eigenvalue weighted by atomic mass is 17.1. The zero-order chi connectivity index (χ0) is 36.7. The number of aromatic nitrogens is 6. The Bertz CT molecular complexity index is 1950. The highest BCUT2D eigenvalue weighted by Gasteiger charge is 2.31. The zero-order valence-electron chi connectivity index (χ0n) is 28.5. The van der Waals surface area contributed by atoms with Gasteiger partial charge in [0.05, 0.1) is 12.0 Å². The van der Waals surface area contributed by atoms with Crippen LogP contribution in [0.4, 0.5) is 4.79 Å². The second kappa shape index (κ2) is 16.0. The molecule has 4 N–H and O–H groups in total. The lowest BCUT2D eigenvalue weighted by Gasteiger charge is -2.16. The predicted octanol–water partition coefficient (Wildman–Crippen LogP) is 5.51. The minimum atomic E-state index is -1.42. The highest BCUT2D eigenvalue weighted by Crippen LogP contribution is 2.31. The third kappa shape index (κ3) is 9.19. The Morgan fingerprint density at radius 3 is 2.16 bits per heavy atom. The summed E-state index contributed by atoms with van der Waals surface area (Å²) < 4.78 is 12.2. The van der Waals surface area contributed by atoms with Gasteiger partial charge in [-0.15, -0.1) is 15.0 Å². The fourth-order valence-corrected chi connectivity index (χ4v) is 5.34. The van der Waals surface area contributed by atoms with E-state index in [2.05, 4.69) is 25.2 Å². The summed E-state index contributed by atoms with van der Waals surface area (Å²) in [4.78, 5) is 34.9. The number of tetrazole rings is 1. The summed E-state index contributed by atoms with van der Waals surface area (Å²) in [5, 5.41) is 50.3. The summed E-state index contributed by atoms with van der Waals surface area (Å²) in [6.45, 7) is 6.75. The number of benzene rings is 3. The van der Waals surface area contributed by atoms with Crippen molar-refractivity contribution in [2.75, 3.05) is 0 Å². The molecule has 0 spiro atoms. The molecule has 16 heteroatoms. The van der Waals surface area contributed by atoms with Crippen molar-refractivity contribution in [2.45, 2.75) is 72.1 Å². The summed E-state index contributed by atoms with van der Waals surface area (Å²) in [5.74, 6) is -0.249. The molecule has 0 aliphatic carbocycles. The maximum atomic E-state index is 12.4. The number of imidazole rings is 1. The van der Waals surface area contributed by atoms with E-state index in [4.69, 9.17) is 19.9 Å². The third-order valence-corrected chi connectivity index (χ3v) is 7.82. The number of carboxylic acid groups (broad SMARTS) is 1. The van der Waals surface area contributed by atoms with Gasteiger partial charge in [-0.1, -0.05) is 79.7 Å². The predicted molar refractivity (Wildman–Crippen MR) is 179 cm³/mol. The van der Waals surface area contributed by atoms with Gasteiger partial charge in [-0.25, -0.2) is 19.4 Å². The van der Waals surface area contributed by atoms with Crippen molar-refractivity contribution in [3.05, 3.63) is 107 Å². The number of hydrogen-bond donors (Lipinski definition) is 4. The van der Waals surface area contributed by atoms with E-state index in [0.29, 0.717) is 34.8 Å². The van der Waals surface area contributed by atoms with Crippen molar-refractivity contribution in [3.8, 4) is 22.5 Å². The molecule has 5 aromatic rings. The molecular formula is C35H39N7O9. The second-order valence-electron chi connectivity index (χ2n) is 12.2. The molecule has 0 saturated carbocycles. The fraction of sp³-hybridized carbons (Fsp3) is 0.314. The molecule has 0 aliphatic heterocycles. The molecule has 2 aromatic heterocycles. The molecule has 16 nitrogen and oxygen atoms in total. The number of aryl methyl sites for hydroxylation is 1. The van der Waals surface area contributed by atoms with Crippen molar-refractivity contribution in [2.24, 2.45) is 0 Å². The van der Waals surface area contributed by atoms with Gasteiger partial charge in [0.1, 0.15) is 23.7 Å². The largest absolute Gasteiger partial charge is 0.510 e. The molecule has 51 heavy (non-hydrogen) atoms. The molecular weight excluding hydrogens is 662 g/mol. The molecule has 268 valence electrons. The van der Waals surface area contributed by atoms with Crippen LogP contribution in [0, 0.1) is 0 Å². The normalized spacial score (nSPS) is 12.2. The Kier molecular flexibility index (Phi) is 11.5. The first kappa shape index (κ1) is 36.8. The molecule has 0 fully saturated rings. The summed E-state index contributed by atoms with van der Waals surface area (Å²) in [6.07, 6.45) is -0.546. The molecule has 2 heterocycles. The summed E-state index contributed by atoms with van der Waals surface area (Å²) in [7, 11) is 0. The van der Waals surface area contributed by atoms with Crippen LogP contribution >= 0.6 is 0 Å². The maximum Gasteiger partial charge on any atom is 0.510 e. The van der Waals surface area contributed by atoms with Crippen molar-refractivity contribution in [1.82, 2.24) is 35.1 Å². The first-order valence-electron chi connectivity index (χ1n) is 16.1. The minimum absolute atomic E-state index is 0.0287. The Morgan fingerprint density at radius 2 is 1.55 bits per heavy atom. The van der Waals surface area contributed by atoms with E-state index in [1.165, 1.54) is 13.8 Å². The van der Waals surface area contributed by atoms with Gasteiger partial charge in [0, 0.05) is 18.5 Å². The van der Waals surface area contributed by atoms with Crippen LogP contribution in [0.25, 0.3) is 22.5 Å². The van der Waals surface area contributed by atoms with Gasteiger partial charge < -0.3 is 24.3 Å². The lowest BCUT2D eigenvalue weighted by atomic mass is 9.98. The van der Waals surface area contributed by atoms with Crippen LogP contribution in [0.3, 0.4) is 0 Å². The molecule has 0 bridgehead atoms. The molecule has 3 aromatic carbocycles. The molecule has 0 amide bonds. The smallest absolute Gasteiger partial charge is 0.477 e. The second-order valence-corrected chi connectivity index (χ2v) is 12.2. The molecule has 1 atom stereocenters. The monoisotopic (exact) mass is 701 g/mol. The van der Waals surface area contributed by atoms with Gasteiger partial charge in [0.2, 0.25) is 12.1 Å². The summed E-state index contributed by atoms with van der Waals surface area (Å²) >= 11 is 0. The zero-order valence-corrected chi connectivity index (χ0v) is 28.5. The summed E-state index contributed by atoms with van der Waals surface area (Å²) in [6, 6.07) is 21.9. The lowest BCUT2D eigenvalue weighted by molar-refractivity contribution is -0.497. The van der Waals surface area contributed by atoms with Gasteiger partial charge in [0.25, 0.3) is 0 Å². The number of rotatable bonds is 15. The SMILES string of the molecule is CCCc1nc(C(C)(C)O)c(C(=O)O)n1Cc1ccc(-c2ccccc2-c2nnn(C(C)OC(=O)OCc3ccc(CON(O)O)cc3)n2)cc1. The molecule has 0 saturated heterocycles. The van der Waals surface area contributed by atoms with Gasteiger partial charge >= 0.3 is 12.1 Å². The number of carboxylic acids is 1. The number of carbonyl (C=O) groups excluding carboxylic acids is 1. The standard InChI is InChI=1S/C35H39N7O9/c1-5-8-29-36-31(35(3,4)46)30(33(43)44)40(29)19-23-15-17-26(18-16-23)27-9-6-7-10-28(27)32-37-39-41(38-32)22(2)51-34(45)49-20-24-11-13-25(14-12-24)21-50-42(47)48/h6-7,9-18,22,46-48H,5,8,19-21H2,1-4H3,(H,43,44). The van der Waals surface area contributed by atoms with Crippen LogP contribution in [-0.2, 0) is 46.1 Å². The number of ether oxygens (including phenoxy) is 2. The van der Waals surface area contributed by atoms with Crippen molar-refractivity contribution >= 4 is 12.1 Å². The van der Waals surface area contributed by atoms with E-state index in [1.54, 1.807) is 35.8 Å². The van der Waals surface area contributed by atoms with Crippen LogP contribution in [-0.4, -0.2) is 67.9 Å². The average molecular weight is 702 g/mol. The number of carbonyl (C=O) groups is 2. The Morgan fingerprint density at radius 1 is 0.922 bits per heavy atom. The quantitative estimate of drug-likeness (QED) is 0.0784. The number of nitrogens with zero attached hydrogens (tertiary/aromatic N) is 7. The van der Waals surface area contributed by atoms with E-state index in [0.717, 1.165) is 27.9 Å². The van der Waals surface area contributed by atoms with Crippen molar-refractivity contribution in [3.63, 3.8) is 0 Å². The Labute approximate surface area is 292 Å². The van der Waals surface area contributed by atoms with Gasteiger partial charge in [0.15, 0.2) is 5.69 Å². The number of hydrogen-bond acceptors (Lipinski definition) is 13. The number of aliphatic hydroxyl groups is 1. The topological polar surface area (TPSA) is 207 Å². The average Bonchev–Trinajstić information content (AvgIpc) is 3.74. The van der Waals surface area contributed by atoms with Crippen LogP contribution < -0.4 is 0 Å². The highest BCUT2D eigenvalue weighted by molar-refractivity contribution is 5.87. The van der Waals surface area contributed by atoms with Crippen LogP contribution in [0.15, 0.2) is 72.8 Å². The first-order valence-corrected chi connectivity index (χ1v) is 16.1. The Hall–Kier alpha value is -5.52. The molecule has 5 rings (SSSR count). The van der Waals surface area contributed by atoms with Crippen LogP contribution in [0.1, 0.15) is 79.0 Å². The van der Waals surface area contributed by atoms with E-state index in [1.807, 2.05) is 55.5 Å². The maximum absolute atomic E-state index is 12.4. The van der Waals surface area contributed by atoms with E-state index in [9.17, 15) is 19.8 Å². The lowest BCUT2D eigenvalue weighted by Crippen LogP contribution is -2.22. The number of aromatic carboxylic acids is 1. The van der Waals surface area contributed by atoms with Gasteiger partial charge in [-0.05, 0) is 60.2 Å². The minimum Gasteiger partial charge on any atom is -0.477 e. The molecule has 1 unspecified atom stereocenters. The third-order valence-electron chi connectivity index (χ3n) is 7.82. The van der Waals surface area contributed by atoms with Crippen LogP contribution in [0.5, 0.6) is 0 Å². The van der Waals surface area contributed by atoms with Gasteiger partial charge in [-0.3, -0.25) is 10.4 Å². The Balaban J connectivity index is 1.26. The summed E-state index contributed by atoms with van der Waals surface area (Å²) in [5.41, 5.74) is 3.25. The molecule has 0 aliphatic rings. The fourth-order valence-electron chi connectivity index (χ4n) is 5.34. The molecule has 0 radical (unpaired) electrons. The van der Waals surface area contributed by atoms with E-state index in [-0.39, 0.29) is 36.5 Å². The van der Waals surface area contributed by atoms with Crippen molar-refractivity contribution in [1.29, 1.82) is 0 Å².